The monoisotopic (exact) mass is 1670 g/mol. The zero-order valence-electron chi connectivity index (χ0n) is 67.6. The van der Waals surface area contributed by atoms with Crippen molar-refractivity contribution in [3.05, 3.63) is 417 Å². The summed E-state index contributed by atoms with van der Waals surface area (Å²) in [5.74, 6) is 0.672. The minimum absolute atomic E-state index is 0.129. The molecule has 0 saturated heterocycles. The normalized spacial score (nSPS) is 11.2. The van der Waals surface area contributed by atoms with Gasteiger partial charge in [0.2, 0.25) is 23.2 Å². The summed E-state index contributed by atoms with van der Waals surface area (Å²) in [5.41, 5.74) is 18.5. The number of fused-ring (bicyclic) bond motifs is 4. The van der Waals surface area contributed by atoms with Crippen LogP contribution >= 0.6 is 15.9 Å². The number of halogens is 1. The molecule has 10 aromatic carbocycles. The van der Waals surface area contributed by atoms with E-state index in [9.17, 15) is 24.0 Å². The first-order chi connectivity index (χ1) is 58.8. The summed E-state index contributed by atoms with van der Waals surface area (Å²) >= 11 is 3.48. The Hall–Kier alpha value is -14.6. The van der Waals surface area contributed by atoms with Gasteiger partial charge in [0.1, 0.15) is 16.8 Å². The van der Waals surface area contributed by atoms with Gasteiger partial charge in [-0.25, -0.2) is 34.1 Å². The first-order valence-electron chi connectivity index (χ1n) is 38.8. The lowest BCUT2D eigenvalue weighted by atomic mass is 9.76. The quantitative estimate of drug-likeness (QED) is 0.0597. The van der Waals surface area contributed by atoms with Crippen molar-refractivity contribution in [1.29, 1.82) is 0 Å². The van der Waals surface area contributed by atoms with Gasteiger partial charge in [0.15, 0.2) is 22.3 Å². The highest BCUT2D eigenvalue weighted by atomic mass is 79.9. The van der Waals surface area contributed by atoms with Crippen LogP contribution in [0.2, 0.25) is 0 Å². The van der Waals surface area contributed by atoms with E-state index >= 15 is 0 Å². The van der Waals surface area contributed by atoms with Crippen molar-refractivity contribution < 1.29 is 41.6 Å². The molecule has 0 unspecified atom stereocenters. The molecule has 24 heteroatoms. The van der Waals surface area contributed by atoms with Crippen LogP contribution in [0.15, 0.2) is 350 Å². The summed E-state index contributed by atoms with van der Waals surface area (Å²) in [6.07, 6.45) is 6.71. The number of hydrogen-bond donors (Lipinski definition) is 2. The second-order valence-electron chi connectivity index (χ2n) is 28.1. The van der Waals surface area contributed by atoms with E-state index in [4.69, 9.17) is 41.6 Å². The number of benzene rings is 10. The van der Waals surface area contributed by atoms with Crippen LogP contribution in [-0.4, -0.2) is 72.2 Å². The molecular formula is C97H83BBrN8O14. The average Bonchev–Trinajstić information content (AvgIpc) is 1.65. The first-order valence-corrected chi connectivity index (χ1v) is 39.6. The third kappa shape index (κ3) is 16.9. The zero-order chi connectivity index (χ0) is 84.9. The Labute approximate surface area is 703 Å². The molecule has 0 atom stereocenters. The van der Waals surface area contributed by atoms with Gasteiger partial charge in [0, 0.05) is 77.1 Å². The number of aryl methyl sites for hydroxylation is 6. The second kappa shape index (κ2) is 36.9. The molecular weight excluding hydrogens is 1590 g/mol. The summed E-state index contributed by atoms with van der Waals surface area (Å²) in [6.45, 7) is 12.7. The van der Waals surface area contributed by atoms with Gasteiger partial charge >= 0.3 is 30.7 Å². The van der Waals surface area contributed by atoms with E-state index in [1.54, 1.807) is 70.3 Å². The number of rotatable bonds is 18. The van der Waals surface area contributed by atoms with Gasteiger partial charge in [-0.05, 0) is 168 Å². The van der Waals surface area contributed by atoms with E-state index in [1.807, 2.05) is 236 Å². The molecule has 0 bridgehead atoms. The van der Waals surface area contributed by atoms with E-state index in [-0.39, 0.29) is 17.1 Å². The molecule has 121 heavy (non-hydrogen) atoms. The smallest absolute Gasteiger partial charge is 0.536 e. The van der Waals surface area contributed by atoms with Gasteiger partial charge in [-0.3, -0.25) is 23.1 Å². The van der Waals surface area contributed by atoms with Crippen molar-refractivity contribution in [3.8, 4) is 56.8 Å². The molecule has 0 spiro atoms. The minimum Gasteiger partial charge on any atom is -0.536 e. The molecule has 0 aliphatic rings. The molecule has 605 valence electrons. The fourth-order valence-corrected chi connectivity index (χ4v) is 15.7. The number of ether oxygens (including phenoxy) is 3. The van der Waals surface area contributed by atoms with Crippen LogP contribution in [-0.2, 0) is 24.2 Å². The highest BCUT2D eigenvalue weighted by Gasteiger charge is 2.43. The number of nitrogens with one attached hydrogen (secondary N) is 1. The van der Waals surface area contributed by atoms with Crippen LogP contribution < -0.4 is 47.4 Å². The van der Waals surface area contributed by atoms with Crippen molar-refractivity contribution >= 4 is 68.0 Å². The highest BCUT2D eigenvalue weighted by Crippen LogP contribution is 2.45. The molecule has 8 aromatic heterocycles. The number of pyridine rings is 4. The molecule has 18 rings (SSSR count). The molecule has 22 nitrogen and oxygen atoms in total. The van der Waals surface area contributed by atoms with E-state index < -0.39 is 22.6 Å². The molecule has 8 heterocycles. The predicted octanol–water partition coefficient (Wildman–Crippen LogP) is 18.6. The third-order valence-electron chi connectivity index (χ3n) is 21.0. The number of H-pyrrole nitrogens is 1. The predicted molar refractivity (Wildman–Crippen MR) is 474 cm³/mol. The largest absolute Gasteiger partial charge is 0.569 e. The van der Waals surface area contributed by atoms with Crippen LogP contribution in [0.1, 0.15) is 69.5 Å². The molecule has 0 fully saturated rings. The maximum absolute atomic E-state index is 13.9. The number of methoxy groups -OCH3 is 3. The molecule has 2 N–H and O–H groups in total. The van der Waals surface area contributed by atoms with E-state index in [2.05, 4.69) is 109 Å². The van der Waals surface area contributed by atoms with Gasteiger partial charge < -0.3 is 46.5 Å². The SMILES string of the molecule is CCn1c(=O)oc2cc(-c3c[nH]c(=O)cc3C)ccc21.CCn1c(=O)oc2cc(-c3cnc(OC)cc3C)ccc21.COc1cc(C)c(-c2ccc3c(c2)oc(=O)n3C(c2ccccc2)(c2ccccc2)c2ccccc2)cn1.COc1cc(C)c(O[B]O)cn1.O=c1oc2cc(Br)ccc2n1C(c1ccccc1)(c1ccccc1)c1ccccc1. The first kappa shape index (κ1) is 82.9. The van der Waals surface area contributed by atoms with E-state index in [0.717, 1.165) is 110 Å². The summed E-state index contributed by atoms with van der Waals surface area (Å²) in [7, 11) is 5.36. The summed E-state index contributed by atoms with van der Waals surface area (Å²) < 4.78 is 49.9. The zero-order valence-corrected chi connectivity index (χ0v) is 69.2. The van der Waals surface area contributed by atoms with Crippen molar-refractivity contribution in [2.75, 3.05) is 21.3 Å². The van der Waals surface area contributed by atoms with Gasteiger partial charge in [0.25, 0.3) is 0 Å². The van der Waals surface area contributed by atoms with Crippen LogP contribution in [0.4, 0.5) is 0 Å². The molecule has 0 aliphatic carbocycles. The lowest BCUT2D eigenvalue weighted by molar-refractivity contribution is 0.394. The highest BCUT2D eigenvalue weighted by molar-refractivity contribution is 9.10. The van der Waals surface area contributed by atoms with Gasteiger partial charge in [-0.2, -0.15) is 0 Å². The Balaban J connectivity index is 0.000000129. The molecule has 18 aromatic rings. The Morgan fingerprint density at radius 3 is 1.03 bits per heavy atom. The average molecular weight is 1680 g/mol. The number of aromatic nitrogens is 8. The molecule has 0 aliphatic heterocycles. The number of aromatic amines is 1. The van der Waals surface area contributed by atoms with Crippen molar-refractivity contribution in [2.45, 2.75) is 65.7 Å². The van der Waals surface area contributed by atoms with Crippen LogP contribution in [0.5, 0.6) is 23.4 Å². The van der Waals surface area contributed by atoms with Crippen LogP contribution in [0.3, 0.4) is 0 Å². The standard InChI is InChI=1S/C33H26N2O3.C26H18BrNO2.C16H16N2O3.C15H14N2O3.C7H9BNO3/c1-23-20-31(37-2)34-22-28(23)24-18-19-29-30(21-24)38-32(36)35(29)33(25-12-6-3-7-13-25,26-14-8-4-9-15-26)27-16-10-5-11-17-27;27-22-16-17-23-24(18-22)30-25(29)28(23)26(19-10-4-1-5-11-19,20-12-6-2-7-13-20)21-14-8-3-9-15-21;1-4-18-13-6-5-11(8-14(13)21-16(18)19)12-9-17-15(20-3)7-10(12)2;1-3-17-12-5-4-10(7-13(12)20-15(17)19)11-8-16-14(18)6-9(11)2;1-5-3-7(11-2)9-4-6(5)12-8-10/h3-22H,1-2H3;1-18H;5-9H,4H2,1-3H3;4-8H,3H2,1-2H3,(H,16,18);3-4,10H,1-2H3. The van der Waals surface area contributed by atoms with Gasteiger partial charge in [-0.15, -0.1) is 0 Å². The maximum Gasteiger partial charge on any atom is 0.569 e. The Morgan fingerprint density at radius 2 is 0.694 bits per heavy atom. The minimum atomic E-state index is -0.953. The van der Waals surface area contributed by atoms with Crippen molar-refractivity contribution in [3.63, 3.8) is 0 Å². The Kier molecular flexibility index (Phi) is 25.3. The lowest BCUT2D eigenvalue weighted by Crippen LogP contribution is -2.42. The molecule has 1 radical (unpaired) electrons. The van der Waals surface area contributed by atoms with Gasteiger partial charge in [0.05, 0.1) is 49.6 Å². The van der Waals surface area contributed by atoms with Crippen molar-refractivity contribution in [2.24, 2.45) is 0 Å². The summed E-state index contributed by atoms with van der Waals surface area (Å²) in [4.78, 5) is 77.1. The Bertz CT molecular complexity index is 6790. The fraction of sp³-hybridized carbons (Fsp3) is 0.134. The third-order valence-corrected chi connectivity index (χ3v) is 21.5. The number of hydrogen-bond acceptors (Lipinski definition) is 17. The molecule has 0 saturated carbocycles. The number of oxazole rings is 4. The fourth-order valence-electron chi connectivity index (χ4n) is 15.3. The van der Waals surface area contributed by atoms with Crippen LogP contribution in [0, 0.1) is 27.7 Å². The summed E-state index contributed by atoms with van der Waals surface area (Å²) in [5, 5.41) is 8.36. The molecule has 0 amide bonds. The Morgan fingerprint density at radius 1 is 0.380 bits per heavy atom. The topological polar surface area (TPSA) is 269 Å². The van der Waals surface area contributed by atoms with E-state index in [1.165, 1.54) is 6.20 Å². The van der Waals surface area contributed by atoms with Crippen molar-refractivity contribution in [1.82, 2.24) is 38.2 Å². The lowest BCUT2D eigenvalue weighted by Gasteiger charge is -2.36. The number of nitrogens with zero attached hydrogens (tertiary/aromatic N) is 7. The van der Waals surface area contributed by atoms with E-state index in [0.29, 0.717) is 72.0 Å². The van der Waals surface area contributed by atoms with Gasteiger partial charge in [-0.1, -0.05) is 216 Å². The summed E-state index contributed by atoms with van der Waals surface area (Å²) in [6, 6.07) is 90.6. The van der Waals surface area contributed by atoms with Crippen LogP contribution in [0.25, 0.3) is 77.8 Å². The second-order valence-corrected chi connectivity index (χ2v) is 29.0. The maximum atomic E-state index is 13.9.